The minimum Gasteiger partial charge on any atom is -0.497 e. The Balaban J connectivity index is 1.38. The van der Waals surface area contributed by atoms with Crippen molar-refractivity contribution in [1.82, 2.24) is 19.8 Å². The van der Waals surface area contributed by atoms with E-state index < -0.39 is 0 Å². The van der Waals surface area contributed by atoms with Gasteiger partial charge in [-0.3, -0.25) is 9.80 Å². The molecule has 2 aliphatic rings. The van der Waals surface area contributed by atoms with Gasteiger partial charge in [-0.05, 0) is 37.1 Å². The normalized spacial score (nSPS) is 20.2. The zero-order chi connectivity index (χ0) is 18.7. The van der Waals surface area contributed by atoms with Gasteiger partial charge < -0.3 is 9.72 Å². The number of likely N-dealkylation sites (N-methyl/N-ethyl adjacent to an activating group) is 1. The molecule has 0 bridgehead atoms. The molecule has 0 aliphatic carbocycles. The molecule has 1 fully saturated rings. The largest absolute Gasteiger partial charge is 0.497 e. The fraction of sp³-hybridized carbons (Fsp3) is 0.500. The van der Waals surface area contributed by atoms with Crippen LogP contribution in [-0.2, 0) is 12.0 Å². The van der Waals surface area contributed by atoms with Gasteiger partial charge in [0.2, 0.25) is 0 Å². The number of imidazole rings is 1. The molecular formula is C22H30N4O. The molecular weight excluding hydrogens is 336 g/mol. The van der Waals surface area contributed by atoms with E-state index in [0.29, 0.717) is 0 Å². The average Bonchev–Trinajstić information content (AvgIpc) is 3.20. The van der Waals surface area contributed by atoms with E-state index in [1.165, 1.54) is 17.0 Å². The summed E-state index contributed by atoms with van der Waals surface area (Å²) in [5, 5.41) is 0. The maximum atomic E-state index is 5.22. The summed E-state index contributed by atoms with van der Waals surface area (Å²) in [5.74, 6) is 0.902. The third-order valence-corrected chi connectivity index (χ3v) is 6.25. The first-order valence-electron chi connectivity index (χ1n) is 10.1. The molecule has 5 heteroatoms. The van der Waals surface area contributed by atoms with Gasteiger partial charge in [0.1, 0.15) is 5.75 Å². The molecule has 5 nitrogen and oxygen atoms in total. The van der Waals surface area contributed by atoms with E-state index >= 15 is 0 Å². The monoisotopic (exact) mass is 366 g/mol. The molecule has 27 heavy (non-hydrogen) atoms. The van der Waals surface area contributed by atoms with E-state index in [4.69, 9.17) is 9.72 Å². The number of methoxy groups -OCH3 is 1. The van der Waals surface area contributed by atoms with E-state index in [1.54, 1.807) is 7.11 Å². The molecule has 0 unspecified atom stereocenters. The van der Waals surface area contributed by atoms with Crippen LogP contribution >= 0.6 is 0 Å². The fourth-order valence-electron chi connectivity index (χ4n) is 4.70. The molecule has 2 aromatic rings. The number of nitrogens with one attached hydrogen (secondary N) is 1. The summed E-state index contributed by atoms with van der Waals surface area (Å²) in [4.78, 5) is 13.3. The maximum Gasteiger partial charge on any atom is 0.118 e. The quantitative estimate of drug-likeness (QED) is 0.882. The highest BCUT2D eigenvalue weighted by atomic mass is 16.5. The number of piperidine rings is 1. The van der Waals surface area contributed by atoms with E-state index in [2.05, 4.69) is 46.0 Å². The summed E-state index contributed by atoms with van der Waals surface area (Å²) in [5.41, 5.74) is 4.02. The second-order valence-electron chi connectivity index (χ2n) is 7.57. The van der Waals surface area contributed by atoms with E-state index in [9.17, 15) is 0 Å². The van der Waals surface area contributed by atoms with E-state index in [0.717, 1.165) is 57.7 Å². The first-order valence-corrected chi connectivity index (χ1v) is 10.1. The molecule has 1 N–H and O–H groups in total. The third kappa shape index (κ3) is 3.54. The first kappa shape index (κ1) is 18.3. The topological polar surface area (TPSA) is 44.4 Å². The lowest BCUT2D eigenvalue weighted by atomic mass is 9.79. The number of likely N-dealkylation sites (tertiary alicyclic amines) is 1. The Hall–Kier alpha value is -2.11. The van der Waals surface area contributed by atoms with Crippen molar-refractivity contribution in [3.63, 3.8) is 0 Å². The van der Waals surface area contributed by atoms with Crippen LogP contribution in [0.2, 0.25) is 0 Å². The van der Waals surface area contributed by atoms with Crippen LogP contribution in [0.5, 0.6) is 5.75 Å². The summed E-state index contributed by atoms with van der Waals surface area (Å²) < 4.78 is 5.22. The Labute approximate surface area is 162 Å². The van der Waals surface area contributed by atoms with Gasteiger partial charge >= 0.3 is 0 Å². The predicted octanol–water partition coefficient (Wildman–Crippen LogP) is 3.30. The number of rotatable bonds is 5. The maximum absolute atomic E-state index is 5.22. The molecule has 3 heterocycles. The second-order valence-corrected chi connectivity index (χ2v) is 7.57. The van der Waals surface area contributed by atoms with Crippen molar-refractivity contribution in [2.45, 2.75) is 31.7 Å². The van der Waals surface area contributed by atoms with E-state index in [-0.39, 0.29) is 5.54 Å². The lowest BCUT2D eigenvalue weighted by molar-refractivity contribution is 0.0122. The van der Waals surface area contributed by atoms with Gasteiger partial charge in [-0.1, -0.05) is 31.2 Å². The molecule has 2 aliphatic heterocycles. The molecule has 4 rings (SSSR count). The minimum atomic E-state index is 0.137. The number of aromatic nitrogens is 2. The van der Waals surface area contributed by atoms with Crippen molar-refractivity contribution < 1.29 is 4.74 Å². The second kappa shape index (κ2) is 7.87. The van der Waals surface area contributed by atoms with Gasteiger partial charge in [0, 0.05) is 38.3 Å². The van der Waals surface area contributed by atoms with Crippen LogP contribution in [0.1, 0.15) is 36.7 Å². The number of H-pyrrole nitrogens is 1. The Kier molecular flexibility index (Phi) is 5.32. The van der Waals surface area contributed by atoms with Crippen LogP contribution in [0.25, 0.3) is 6.08 Å². The number of fused-ring (bicyclic) bond motifs is 2. The van der Waals surface area contributed by atoms with Crippen LogP contribution in [0, 0.1) is 0 Å². The van der Waals surface area contributed by atoms with Crippen LogP contribution in [0.4, 0.5) is 0 Å². The SMILES string of the molecule is CCN1CCc2[nH]cnc2C12CCN(C/C=C/c1ccc(OC)cc1)CC2. The number of hydrogen-bond donors (Lipinski definition) is 1. The molecule has 0 radical (unpaired) electrons. The van der Waals surface area contributed by atoms with Crippen molar-refractivity contribution in [3.8, 4) is 5.75 Å². The Bertz CT molecular complexity index is 772. The lowest BCUT2D eigenvalue weighted by Crippen LogP contribution is -2.56. The molecule has 0 amide bonds. The summed E-state index contributed by atoms with van der Waals surface area (Å²) >= 11 is 0. The van der Waals surface area contributed by atoms with Crippen LogP contribution in [-0.4, -0.2) is 59.6 Å². The highest BCUT2D eigenvalue weighted by molar-refractivity contribution is 5.50. The third-order valence-electron chi connectivity index (χ3n) is 6.25. The van der Waals surface area contributed by atoms with E-state index in [1.807, 2.05) is 18.5 Å². The minimum absolute atomic E-state index is 0.137. The van der Waals surface area contributed by atoms with Crippen LogP contribution in [0.3, 0.4) is 0 Å². The Morgan fingerprint density at radius 1 is 1.19 bits per heavy atom. The van der Waals surface area contributed by atoms with Crippen molar-refractivity contribution in [1.29, 1.82) is 0 Å². The molecule has 1 aromatic carbocycles. The molecule has 0 saturated carbocycles. The number of nitrogens with zero attached hydrogens (tertiary/aromatic N) is 3. The predicted molar refractivity (Wildman–Crippen MR) is 109 cm³/mol. The average molecular weight is 367 g/mol. The first-order chi connectivity index (χ1) is 13.2. The molecule has 1 spiro atoms. The van der Waals surface area contributed by atoms with Gasteiger partial charge in [0.05, 0.1) is 24.7 Å². The molecule has 1 aromatic heterocycles. The highest BCUT2D eigenvalue weighted by Crippen LogP contribution is 2.41. The smallest absolute Gasteiger partial charge is 0.118 e. The molecule has 144 valence electrons. The lowest BCUT2D eigenvalue weighted by Gasteiger charge is -2.50. The number of hydrogen-bond acceptors (Lipinski definition) is 4. The molecule has 1 saturated heterocycles. The zero-order valence-corrected chi connectivity index (χ0v) is 16.4. The number of aromatic amines is 1. The summed E-state index contributed by atoms with van der Waals surface area (Å²) in [6.07, 6.45) is 9.78. The van der Waals surface area contributed by atoms with Crippen molar-refractivity contribution in [2.75, 3.05) is 39.8 Å². The summed E-state index contributed by atoms with van der Waals surface area (Å²) in [6.45, 7) is 7.77. The summed E-state index contributed by atoms with van der Waals surface area (Å²) in [6, 6.07) is 8.21. The van der Waals surface area contributed by atoms with Gasteiger partial charge in [0.25, 0.3) is 0 Å². The van der Waals surface area contributed by atoms with Crippen molar-refractivity contribution in [2.24, 2.45) is 0 Å². The molecule has 0 atom stereocenters. The zero-order valence-electron chi connectivity index (χ0n) is 16.4. The summed E-state index contributed by atoms with van der Waals surface area (Å²) in [7, 11) is 1.70. The van der Waals surface area contributed by atoms with Gasteiger partial charge in [0.15, 0.2) is 0 Å². The Morgan fingerprint density at radius 2 is 1.96 bits per heavy atom. The van der Waals surface area contributed by atoms with Crippen molar-refractivity contribution >= 4 is 6.08 Å². The van der Waals surface area contributed by atoms with Crippen molar-refractivity contribution in [3.05, 3.63) is 53.6 Å². The number of benzene rings is 1. The standard InChI is InChI=1S/C22H30N4O/c1-3-26-14-10-20-21(24-17-23-20)22(26)11-15-25(16-12-22)13-4-5-18-6-8-19(27-2)9-7-18/h4-9,17H,3,10-16H2,1-2H3,(H,23,24)/b5-4+. The van der Waals surface area contributed by atoms with Gasteiger partial charge in [-0.15, -0.1) is 0 Å². The van der Waals surface area contributed by atoms with Gasteiger partial charge in [-0.2, -0.15) is 0 Å². The highest BCUT2D eigenvalue weighted by Gasteiger charge is 2.45. The number of ether oxygens (including phenoxy) is 1. The van der Waals surface area contributed by atoms with Crippen LogP contribution in [0.15, 0.2) is 36.7 Å². The Morgan fingerprint density at radius 3 is 2.67 bits per heavy atom. The van der Waals surface area contributed by atoms with Gasteiger partial charge in [-0.25, -0.2) is 4.98 Å². The van der Waals surface area contributed by atoms with Crippen LogP contribution < -0.4 is 4.74 Å². The fourth-order valence-corrected chi connectivity index (χ4v) is 4.70.